The second kappa shape index (κ2) is 9.19. The molecule has 0 saturated heterocycles. The van der Waals surface area contributed by atoms with E-state index in [-0.39, 0.29) is 11.0 Å². The molecule has 7 heteroatoms. The van der Waals surface area contributed by atoms with Crippen LogP contribution in [0.1, 0.15) is 38.8 Å². The minimum Gasteiger partial charge on any atom is -0.462 e. The Morgan fingerprint density at radius 2 is 1.57 bits per heavy atom. The van der Waals surface area contributed by atoms with Crippen molar-refractivity contribution in [1.82, 2.24) is 0 Å². The molecular formula is C21H26FNO4S. The second-order valence-electron chi connectivity index (χ2n) is 6.64. The highest BCUT2D eigenvalue weighted by atomic mass is 32.2. The molecule has 5 nitrogen and oxygen atoms in total. The molecule has 0 aliphatic carbocycles. The number of para-hydroxylation sites is 1. The maximum absolute atomic E-state index is 13.4. The standard InChI is InChI=1S/C21H26FNO4S/c1-5-16-8-7-9-17(6-2)21(16)23(14-20(24)27-15(3)4)28(25,26)19-12-10-18(22)11-13-19/h7-13,15H,5-6,14H2,1-4H3. The van der Waals surface area contributed by atoms with Gasteiger partial charge in [-0.05, 0) is 62.1 Å². The van der Waals surface area contributed by atoms with Gasteiger partial charge >= 0.3 is 5.97 Å². The molecule has 2 aromatic rings. The van der Waals surface area contributed by atoms with Gasteiger partial charge < -0.3 is 4.74 Å². The van der Waals surface area contributed by atoms with Crippen molar-refractivity contribution in [2.75, 3.05) is 10.8 Å². The van der Waals surface area contributed by atoms with Crippen molar-refractivity contribution < 1.29 is 22.3 Å². The number of sulfonamides is 1. The van der Waals surface area contributed by atoms with Gasteiger partial charge in [-0.3, -0.25) is 9.10 Å². The van der Waals surface area contributed by atoms with Crippen molar-refractivity contribution >= 4 is 21.7 Å². The maximum atomic E-state index is 13.4. The molecule has 0 aliphatic heterocycles. The van der Waals surface area contributed by atoms with E-state index in [9.17, 15) is 17.6 Å². The molecular weight excluding hydrogens is 381 g/mol. The lowest BCUT2D eigenvalue weighted by molar-refractivity contribution is -0.145. The van der Waals surface area contributed by atoms with Crippen LogP contribution in [0.3, 0.4) is 0 Å². The van der Waals surface area contributed by atoms with E-state index in [0.29, 0.717) is 18.5 Å². The van der Waals surface area contributed by atoms with Crippen molar-refractivity contribution in [1.29, 1.82) is 0 Å². The number of hydrogen-bond donors (Lipinski definition) is 0. The smallest absolute Gasteiger partial charge is 0.327 e. The molecule has 0 N–H and O–H groups in total. The normalized spacial score (nSPS) is 11.5. The summed E-state index contributed by atoms with van der Waals surface area (Å²) < 4.78 is 46.4. The van der Waals surface area contributed by atoms with Crippen molar-refractivity contribution in [3.05, 3.63) is 59.4 Å². The van der Waals surface area contributed by atoms with Gasteiger partial charge in [0.2, 0.25) is 0 Å². The lowest BCUT2D eigenvalue weighted by Gasteiger charge is -2.28. The number of halogens is 1. The second-order valence-corrected chi connectivity index (χ2v) is 8.50. The molecule has 2 rings (SSSR count). The lowest BCUT2D eigenvalue weighted by Crippen LogP contribution is -2.38. The van der Waals surface area contributed by atoms with Crippen LogP contribution in [0, 0.1) is 5.82 Å². The number of esters is 1. The zero-order chi connectivity index (χ0) is 20.9. The number of aryl methyl sites for hydroxylation is 2. The van der Waals surface area contributed by atoms with E-state index in [4.69, 9.17) is 4.74 Å². The van der Waals surface area contributed by atoms with Crippen LogP contribution < -0.4 is 4.31 Å². The highest BCUT2D eigenvalue weighted by Crippen LogP contribution is 2.32. The Labute approximate surface area is 166 Å². The first-order valence-corrected chi connectivity index (χ1v) is 10.7. The van der Waals surface area contributed by atoms with Gasteiger partial charge in [-0.1, -0.05) is 32.0 Å². The molecule has 0 atom stereocenters. The van der Waals surface area contributed by atoms with E-state index >= 15 is 0 Å². The number of nitrogens with zero attached hydrogens (tertiary/aromatic N) is 1. The molecule has 28 heavy (non-hydrogen) atoms. The molecule has 0 unspecified atom stereocenters. The summed E-state index contributed by atoms with van der Waals surface area (Å²) >= 11 is 0. The SMILES string of the molecule is CCc1cccc(CC)c1N(CC(=O)OC(C)C)S(=O)(=O)c1ccc(F)cc1. The molecule has 0 fully saturated rings. The van der Waals surface area contributed by atoms with Crippen molar-refractivity contribution in [2.24, 2.45) is 0 Å². The van der Waals surface area contributed by atoms with Crippen LogP contribution in [0.5, 0.6) is 0 Å². The highest BCUT2D eigenvalue weighted by Gasteiger charge is 2.31. The molecule has 0 aromatic heterocycles. The number of anilines is 1. The van der Waals surface area contributed by atoms with E-state index < -0.39 is 28.4 Å². The predicted octanol–water partition coefficient (Wildman–Crippen LogP) is 4.10. The van der Waals surface area contributed by atoms with E-state index in [1.165, 1.54) is 12.1 Å². The number of rotatable bonds is 8. The maximum Gasteiger partial charge on any atom is 0.327 e. The van der Waals surface area contributed by atoms with Crippen molar-refractivity contribution in [3.63, 3.8) is 0 Å². The predicted molar refractivity (Wildman–Crippen MR) is 107 cm³/mol. The first kappa shape index (κ1) is 21.9. The number of benzene rings is 2. The average molecular weight is 408 g/mol. The summed E-state index contributed by atoms with van der Waals surface area (Å²) in [5, 5.41) is 0. The topological polar surface area (TPSA) is 63.7 Å². The number of hydrogen-bond acceptors (Lipinski definition) is 4. The minimum absolute atomic E-state index is 0.0841. The Kier molecular flexibility index (Phi) is 7.18. The Morgan fingerprint density at radius 1 is 1.04 bits per heavy atom. The quantitative estimate of drug-likeness (QED) is 0.618. The van der Waals surface area contributed by atoms with E-state index in [1.807, 2.05) is 32.0 Å². The molecule has 152 valence electrons. The molecule has 0 bridgehead atoms. The van der Waals surface area contributed by atoms with Crippen LogP contribution in [-0.2, 0) is 32.4 Å². The van der Waals surface area contributed by atoms with Crippen LogP contribution in [0.25, 0.3) is 0 Å². The summed E-state index contributed by atoms with van der Waals surface area (Å²) in [5.74, 6) is -1.18. The number of carbonyl (C=O) groups is 1. The fraction of sp³-hybridized carbons (Fsp3) is 0.381. The monoisotopic (exact) mass is 407 g/mol. The Bertz CT molecular complexity index is 902. The van der Waals surface area contributed by atoms with Gasteiger partial charge in [-0.25, -0.2) is 12.8 Å². The number of carbonyl (C=O) groups excluding carboxylic acids is 1. The third-order valence-electron chi connectivity index (χ3n) is 4.26. The van der Waals surface area contributed by atoms with Gasteiger partial charge in [0.1, 0.15) is 12.4 Å². The fourth-order valence-corrected chi connectivity index (χ4v) is 4.46. The molecule has 2 aromatic carbocycles. The molecule has 0 saturated carbocycles. The van der Waals surface area contributed by atoms with Crippen molar-refractivity contribution in [2.45, 2.75) is 51.5 Å². The Morgan fingerprint density at radius 3 is 2.04 bits per heavy atom. The molecule has 0 heterocycles. The third kappa shape index (κ3) is 4.90. The molecule has 0 aliphatic rings. The van der Waals surface area contributed by atoms with Gasteiger partial charge in [0.15, 0.2) is 0 Å². The lowest BCUT2D eigenvalue weighted by atomic mass is 10.0. The molecule has 0 radical (unpaired) electrons. The van der Waals surface area contributed by atoms with Crippen LogP contribution in [0.4, 0.5) is 10.1 Å². The van der Waals surface area contributed by atoms with Gasteiger partial charge in [-0.15, -0.1) is 0 Å². The van der Waals surface area contributed by atoms with Gasteiger partial charge in [0.05, 0.1) is 16.7 Å². The summed E-state index contributed by atoms with van der Waals surface area (Å²) in [6.07, 6.45) is 0.824. The summed E-state index contributed by atoms with van der Waals surface area (Å²) in [4.78, 5) is 12.3. The van der Waals surface area contributed by atoms with Crippen LogP contribution in [0.15, 0.2) is 47.4 Å². The van der Waals surface area contributed by atoms with E-state index in [1.54, 1.807) is 13.8 Å². The minimum atomic E-state index is -4.10. The van der Waals surface area contributed by atoms with Crippen molar-refractivity contribution in [3.8, 4) is 0 Å². The van der Waals surface area contributed by atoms with Gasteiger partial charge in [0.25, 0.3) is 10.0 Å². The van der Waals surface area contributed by atoms with Crippen LogP contribution >= 0.6 is 0 Å². The summed E-state index contributed by atoms with van der Waals surface area (Å²) in [7, 11) is -4.10. The van der Waals surface area contributed by atoms with Crippen LogP contribution in [-0.4, -0.2) is 27.0 Å². The summed E-state index contributed by atoms with van der Waals surface area (Å²) in [6, 6.07) is 10.1. The van der Waals surface area contributed by atoms with E-state index in [2.05, 4.69) is 0 Å². The average Bonchev–Trinajstić information content (AvgIpc) is 2.65. The van der Waals surface area contributed by atoms with Gasteiger partial charge in [0, 0.05) is 0 Å². The molecule has 0 amide bonds. The summed E-state index contributed by atoms with van der Waals surface area (Å²) in [6.45, 7) is 6.80. The highest BCUT2D eigenvalue weighted by molar-refractivity contribution is 7.92. The van der Waals surface area contributed by atoms with Crippen LogP contribution in [0.2, 0.25) is 0 Å². The van der Waals surface area contributed by atoms with E-state index in [0.717, 1.165) is 27.6 Å². The first-order valence-electron chi connectivity index (χ1n) is 9.29. The summed E-state index contributed by atoms with van der Waals surface area (Å²) in [5.41, 5.74) is 2.10. The zero-order valence-electron chi connectivity index (χ0n) is 16.6. The third-order valence-corrected chi connectivity index (χ3v) is 6.02. The Balaban J connectivity index is 2.64. The fourth-order valence-electron chi connectivity index (χ4n) is 2.97. The molecule has 0 spiro atoms. The first-order chi connectivity index (χ1) is 13.2. The Hall–Kier alpha value is -2.41. The number of ether oxygens (including phenoxy) is 1. The van der Waals surface area contributed by atoms with Gasteiger partial charge in [-0.2, -0.15) is 0 Å². The zero-order valence-corrected chi connectivity index (χ0v) is 17.4. The largest absolute Gasteiger partial charge is 0.462 e.